The Morgan fingerprint density at radius 1 is 0.976 bits per heavy atom. The van der Waals surface area contributed by atoms with Crippen LogP contribution in [0.5, 0.6) is 0 Å². The Balaban J connectivity index is 1.15. The van der Waals surface area contributed by atoms with Gasteiger partial charge in [0.15, 0.2) is 0 Å². The first-order valence-corrected chi connectivity index (χ1v) is 15.5. The second-order valence-corrected chi connectivity index (χ2v) is 12.6. The minimum absolute atomic E-state index is 0.0331. The molecule has 212 valence electrons. The standard InChI is InChI=1S/C33H37N5O2S/c1-23-8-9-24(2)27(20-23)22-38-28-6-3-4-7-29(28)41-30(32(38)40)21-25-10-12-26(13-11-25)31(39)36-16-18-37(19-17-36)33-34-14-5-15-35-33/h5,8-15,20-21,28-29H,3-4,6-7,16-19,22H2,1-2H3/b30-21-. The van der Waals surface area contributed by atoms with Crippen molar-refractivity contribution in [3.05, 3.63) is 93.6 Å². The summed E-state index contributed by atoms with van der Waals surface area (Å²) in [7, 11) is 0. The molecule has 3 aliphatic rings. The number of rotatable bonds is 5. The third kappa shape index (κ3) is 6.03. The average molecular weight is 568 g/mol. The van der Waals surface area contributed by atoms with Crippen LogP contribution in [0.3, 0.4) is 0 Å². The lowest BCUT2D eigenvalue weighted by molar-refractivity contribution is -0.130. The number of nitrogens with zero attached hydrogens (tertiary/aromatic N) is 5. The number of amides is 2. The lowest BCUT2D eigenvalue weighted by Gasteiger charge is -2.44. The highest BCUT2D eigenvalue weighted by Gasteiger charge is 2.40. The van der Waals surface area contributed by atoms with Gasteiger partial charge < -0.3 is 14.7 Å². The van der Waals surface area contributed by atoms with Gasteiger partial charge in [0, 0.05) is 62.0 Å². The van der Waals surface area contributed by atoms with Gasteiger partial charge in [-0.05, 0) is 67.7 Å². The van der Waals surface area contributed by atoms with Crippen LogP contribution in [-0.2, 0) is 11.3 Å². The zero-order valence-electron chi connectivity index (χ0n) is 23.8. The first kappa shape index (κ1) is 27.5. The molecule has 41 heavy (non-hydrogen) atoms. The number of piperazine rings is 1. The van der Waals surface area contributed by atoms with E-state index in [9.17, 15) is 9.59 Å². The van der Waals surface area contributed by atoms with Gasteiger partial charge in [0.1, 0.15) is 0 Å². The molecule has 2 atom stereocenters. The SMILES string of the molecule is Cc1ccc(C)c(CN2C(=O)/C(=C/c3ccc(C(=O)N4CCN(c5ncccn5)CC4)cc3)SC3CCCCC32)c1. The molecule has 1 saturated carbocycles. The monoisotopic (exact) mass is 567 g/mol. The summed E-state index contributed by atoms with van der Waals surface area (Å²) < 4.78 is 0. The van der Waals surface area contributed by atoms with Crippen LogP contribution in [0, 0.1) is 13.8 Å². The third-order valence-corrected chi connectivity index (χ3v) is 9.92. The molecule has 2 aliphatic heterocycles. The van der Waals surface area contributed by atoms with Crippen LogP contribution in [0.25, 0.3) is 6.08 Å². The van der Waals surface area contributed by atoms with E-state index in [2.05, 4.69) is 51.8 Å². The van der Waals surface area contributed by atoms with Crippen molar-refractivity contribution in [3.8, 4) is 0 Å². The maximum absolute atomic E-state index is 13.9. The van der Waals surface area contributed by atoms with Gasteiger partial charge in [-0.3, -0.25) is 9.59 Å². The lowest BCUT2D eigenvalue weighted by Crippen LogP contribution is -2.50. The van der Waals surface area contributed by atoms with Crippen molar-refractivity contribution >= 4 is 35.6 Å². The third-order valence-electron chi connectivity index (χ3n) is 8.52. The minimum Gasteiger partial charge on any atom is -0.337 e. The number of carbonyl (C=O) groups excluding carboxylic acids is 2. The van der Waals surface area contributed by atoms with Crippen LogP contribution in [-0.4, -0.2) is 69.1 Å². The fraction of sp³-hybridized carbons (Fsp3) is 0.394. The molecule has 8 heteroatoms. The summed E-state index contributed by atoms with van der Waals surface area (Å²) in [6.45, 7) is 7.58. The molecule has 0 spiro atoms. The van der Waals surface area contributed by atoms with E-state index < -0.39 is 0 Å². The van der Waals surface area contributed by atoms with E-state index in [0.717, 1.165) is 23.3 Å². The topological polar surface area (TPSA) is 69.6 Å². The largest absolute Gasteiger partial charge is 0.337 e. The number of carbonyl (C=O) groups is 2. The summed E-state index contributed by atoms with van der Waals surface area (Å²) in [5, 5.41) is 0.429. The molecule has 1 aromatic heterocycles. The van der Waals surface area contributed by atoms with Crippen LogP contribution in [0.15, 0.2) is 65.8 Å². The van der Waals surface area contributed by atoms with Gasteiger partial charge >= 0.3 is 0 Å². The maximum Gasteiger partial charge on any atom is 0.260 e. The molecule has 2 aromatic carbocycles. The van der Waals surface area contributed by atoms with Crippen molar-refractivity contribution in [2.24, 2.45) is 0 Å². The second kappa shape index (κ2) is 12.1. The summed E-state index contributed by atoms with van der Waals surface area (Å²) in [5.74, 6) is 0.865. The maximum atomic E-state index is 13.9. The Kier molecular flexibility index (Phi) is 8.10. The quantitative estimate of drug-likeness (QED) is 0.380. The summed E-state index contributed by atoms with van der Waals surface area (Å²) in [5.41, 5.74) is 5.30. The van der Waals surface area contributed by atoms with Gasteiger partial charge in [0.05, 0.1) is 4.91 Å². The molecule has 0 N–H and O–H groups in total. The van der Waals surface area contributed by atoms with Gasteiger partial charge in [0.25, 0.3) is 11.8 Å². The summed E-state index contributed by atoms with van der Waals surface area (Å²) in [6, 6.07) is 16.3. The molecule has 2 unspecified atom stereocenters. The van der Waals surface area contributed by atoms with Crippen LogP contribution >= 0.6 is 11.8 Å². The summed E-state index contributed by atoms with van der Waals surface area (Å²) >= 11 is 1.75. The second-order valence-electron chi connectivity index (χ2n) is 11.3. The van der Waals surface area contributed by atoms with Gasteiger partial charge in [-0.25, -0.2) is 9.97 Å². The molecule has 7 nitrogen and oxygen atoms in total. The lowest BCUT2D eigenvalue weighted by atomic mass is 9.92. The Labute approximate surface area is 246 Å². The summed E-state index contributed by atoms with van der Waals surface area (Å²) in [6.07, 6.45) is 10.1. The van der Waals surface area contributed by atoms with Crippen molar-refractivity contribution in [1.29, 1.82) is 0 Å². The van der Waals surface area contributed by atoms with Gasteiger partial charge in [0.2, 0.25) is 5.95 Å². The zero-order chi connectivity index (χ0) is 28.3. The number of hydrogen-bond donors (Lipinski definition) is 0. The summed E-state index contributed by atoms with van der Waals surface area (Å²) in [4.78, 5) is 42.7. The fourth-order valence-corrected chi connectivity index (χ4v) is 7.61. The highest BCUT2D eigenvalue weighted by molar-refractivity contribution is 8.04. The number of thioether (sulfide) groups is 1. The number of hydrogen-bond acceptors (Lipinski definition) is 6. The Morgan fingerprint density at radius 3 is 2.46 bits per heavy atom. The number of fused-ring (bicyclic) bond motifs is 1. The normalized spacial score (nSPS) is 22.1. The fourth-order valence-electron chi connectivity index (χ4n) is 6.14. The Hall–Kier alpha value is -3.65. The molecular formula is C33H37N5O2S. The molecule has 0 bridgehead atoms. The van der Waals surface area contributed by atoms with Crippen molar-refractivity contribution in [2.45, 2.75) is 57.4 Å². The van der Waals surface area contributed by atoms with Gasteiger partial charge in [-0.1, -0.05) is 48.7 Å². The van der Waals surface area contributed by atoms with E-state index in [1.807, 2.05) is 35.2 Å². The van der Waals surface area contributed by atoms with Crippen LogP contribution < -0.4 is 4.90 Å². The molecule has 3 aromatic rings. The molecule has 2 saturated heterocycles. The molecule has 6 rings (SSSR count). The van der Waals surface area contributed by atoms with Gasteiger partial charge in [-0.15, -0.1) is 11.8 Å². The molecular weight excluding hydrogens is 530 g/mol. The van der Waals surface area contributed by atoms with E-state index >= 15 is 0 Å². The van der Waals surface area contributed by atoms with Crippen LogP contribution in [0.1, 0.15) is 58.3 Å². The van der Waals surface area contributed by atoms with Crippen molar-refractivity contribution < 1.29 is 9.59 Å². The predicted octanol–water partition coefficient (Wildman–Crippen LogP) is 5.48. The van der Waals surface area contributed by atoms with Crippen LogP contribution in [0.4, 0.5) is 5.95 Å². The molecule has 0 radical (unpaired) electrons. The van der Waals surface area contributed by atoms with E-state index in [0.29, 0.717) is 49.5 Å². The zero-order valence-corrected chi connectivity index (χ0v) is 24.6. The minimum atomic E-state index is 0.0331. The molecule has 1 aliphatic carbocycles. The van der Waals surface area contributed by atoms with Crippen molar-refractivity contribution in [1.82, 2.24) is 19.8 Å². The Morgan fingerprint density at radius 2 is 1.71 bits per heavy atom. The first-order chi connectivity index (χ1) is 20.0. The number of aromatic nitrogens is 2. The van der Waals surface area contributed by atoms with E-state index in [4.69, 9.17) is 0 Å². The number of aryl methyl sites for hydroxylation is 2. The highest BCUT2D eigenvalue weighted by atomic mass is 32.2. The number of anilines is 1. The molecule has 3 fully saturated rings. The van der Waals surface area contributed by atoms with E-state index in [1.54, 1.807) is 30.2 Å². The predicted molar refractivity (Wildman–Crippen MR) is 165 cm³/mol. The van der Waals surface area contributed by atoms with E-state index in [1.165, 1.54) is 29.5 Å². The van der Waals surface area contributed by atoms with Crippen LogP contribution in [0.2, 0.25) is 0 Å². The van der Waals surface area contributed by atoms with Gasteiger partial charge in [-0.2, -0.15) is 0 Å². The van der Waals surface area contributed by atoms with Crippen molar-refractivity contribution in [2.75, 3.05) is 31.1 Å². The van der Waals surface area contributed by atoms with E-state index in [-0.39, 0.29) is 17.9 Å². The smallest absolute Gasteiger partial charge is 0.260 e. The first-order valence-electron chi connectivity index (χ1n) is 14.6. The number of benzene rings is 2. The average Bonchev–Trinajstić information content (AvgIpc) is 3.01. The Bertz CT molecular complexity index is 1430. The highest BCUT2D eigenvalue weighted by Crippen LogP contribution is 2.43. The molecule has 3 heterocycles. The van der Waals surface area contributed by atoms with Crippen molar-refractivity contribution in [3.63, 3.8) is 0 Å². The molecule has 2 amide bonds.